The molecule has 0 aliphatic rings. The number of hydrogen-bond acceptors (Lipinski definition) is 4. The van der Waals surface area contributed by atoms with E-state index in [2.05, 4.69) is 38.4 Å². The number of rotatable bonds is 1. The van der Waals surface area contributed by atoms with Crippen molar-refractivity contribution in [1.82, 2.24) is 20.2 Å². The molecular weight excluding hydrogens is 248 g/mol. The zero-order valence-corrected chi connectivity index (χ0v) is 10.6. The van der Waals surface area contributed by atoms with Crippen molar-refractivity contribution in [3.05, 3.63) is 61.2 Å². The van der Waals surface area contributed by atoms with E-state index >= 15 is 0 Å². The first-order valence-electron chi connectivity index (χ1n) is 6.32. The Hall–Kier alpha value is -2.88. The van der Waals surface area contributed by atoms with Gasteiger partial charge in [-0.3, -0.25) is 0 Å². The molecule has 94 valence electrons. The van der Waals surface area contributed by atoms with E-state index in [-0.39, 0.29) is 0 Å². The van der Waals surface area contributed by atoms with E-state index in [0.29, 0.717) is 0 Å². The summed E-state index contributed by atoms with van der Waals surface area (Å²) in [5, 5.41) is 11.0. The van der Waals surface area contributed by atoms with Crippen LogP contribution in [0.3, 0.4) is 0 Å². The molecule has 0 bridgehead atoms. The molecule has 0 spiro atoms. The van der Waals surface area contributed by atoms with Crippen LogP contribution in [0.1, 0.15) is 0 Å². The number of nitrogens with zero attached hydrogens (tertiary/aromatic N) is 4. The molecule has 0 unspecified atom stereocenters. The Kier molecular flexibility index (Phi) is 2.39. The second-order valence-electron chi connectivity index (χ2n) is 4.61. The van der Waals surface area contributed by atoms with E-state index < -0.39 is 0 Å². The topological polar surface area (TPSA) is 51.6 Å². The lowest BCUT2D eigenvalue weighted by Crippen LogP contribution is -1.86. The van der Waals surface area contributed by atoms with Crippen molar-refractivity contribution < 1.29 is 0 Å². The summed E-state index contributed by atoms with van der Waals surface area (Å²) in [6, 6.07) is 12.3. The highest BCUT2D eigenvalue weighted by molar-refractivity contribution is 5.87. The molecular formula is C16H10N4. The van der Waals surface area contributed by atoms with Crippen LogP contribution in [-0.4, -0.2) is 20.2 Å². The molecule has 4 heteroatoms. The molecule has 4 aromatic rings. The van der Waals surface area contributed by atoms with E-state index in [0.717, 1.165) is 32.9 Å². The summed E-state index contributed by atoms with van der Waals surface area (Å²) in [6.07, 6.45) is 7.14. The fourth-order valence-corrected chi connectivity index (χ4v) is 2.30. The van der Waals surface area contributed by atoms with Gasteiger partial charge in [-0.15, -0.1) is 0 Å². The summed E-state index contributed by atoms with van der Waals surface area (Å²) in [6.45, 7) is 0. The van der Waals surface area contributed by atoms with Gasteiger partial charge in [-0.05, 0) is 29.8 Å². The molecule has 0 aliphatic heterocycles. The lowest BCUT2D eigenvalue weighted by molar-refractivity contribution is 1.05. The van der Waals surface area contributed by atoms with Crippen LogP contribution in [0.25, 0.3) is 32.9 Å². The van der Waals surface area contributed by atoms with E-state index in [4.69, 9.17) is 0 Å². The molecule has 0 N–H and O–H groups in total. The maximum atomic E-state index is 4.40. The third-order valence-electron chi connectivity index (χ3n) is 3.33. The molecule has 4 nitrogen and oxygen atoms in total. The van der Waals surface area contributed by atoms with E-state index in [9.17, 15) is 0 Å². The summed E-state index contributed by atoms with van der Waals surface area (Å²) in [4.78, 5) is 8.64. The first-order chi connectivity index (χ1) is 9.90. The quantitative estimate of drug-likeness (QED) is 0.526. The Balaban J connectivity index is 1.91. The fourth-order valence-electron chi connectivity index (χ4n) is 2.30. The maximum Gasteiger partial charge on any atom is 0.159 e. The molecule has 0 atom stereocenters. The van der Waals surface area contributed by atoms with Crippen LogP contribution in [-0.2, 0) is 0 Å². The second-order valence-corrected chi connectivity index (χ2v) is 4.61. The minimum absolute atomic E-state index is 0.767. The zero-order chi connectivity index (χ0) is 13.4. The van der Waals surface area contributed by atoms with Gasteiger partial charge in [0.15, 0.2) is 5.65 Å². The lowest BCUT2D eigenvalue weighted by atomic mass is 10.0. The van der Waals surface area contributed by atoms with Gasteiger partial charge in [0.1, 0.15) is 0 Å². The maximum absolute atomic E-state index is 4.40. The van der Waals surface area contributed by atoms with Crippen molar-refractivity contribution in [3.8, 4) is 11.1 Å². The molecule has 0 radical (unpaired) electrons. The van der Waals surface area contributed by atoms with Gasteiger partial charge < -0.3 is 0 Å². The van der Waals surface area contributed by atoms with Gasteiger partial charge in [0.25, 0.3) is 0 Å². The average Bonchev–Trinajstić information content (AvgIpc) is 2.54. The van der Waals surface area contributed by atoms with Gasteiger partial charge in [-0.2, -0.15) is 10.2 Å². The average molecular weight is 258 g/mol. The normalized spacial score (nSPS) is 11.0. The Morgan fingerprint density at radius 2 is 1.50 bits per heavy atom. The predicted molar refractivity (Wildman–Crippen MR) is 78.1 cm³/mol. The summed E-state index contributed by atoms with van der Waals surface area (Å²) >= 11 is 0. The van der Waals surface area contributed by atoms with E-state index in [1.807, 2.05) is 24.4 Å². The SMILES string of the molecule is c1cnc2ncc(-c3ccc4cnncc4c3)cc2c1. The second kappa shape index (κ2) is 4.35. The minimum atomic E-state index is 0.767. The highest BCUT2D eigenvalue weighted by Gasteiger charge is 2.03. The van der Waals surface area contributed by atoms with Gasteiger partial charge in [-0.1, -0.05) is 12.1 Å². The molecule has 3 aromatic heterocycles. The molecule has 20 heavy (non-hydrogen) atoms. The lowest BCUT2D eigenvalue weighted by Gasteiger charge is -2.04. The monoisotopic (exact) mass is 258 g/mol. The van der Waals surface area contributed by atoms with Crippen molar-refractivity contribution in [2.24, 2.45) is 0 Å². The van der Waals surface area contributed by atoms with Crippen LogP contribution >= 0.6 is 0 Å². The van der Waals surface area contributed by atoms with Crippen LogP contribution in [0.5, 0.6) is 0 Å². The molecule has 0 fully saturated rings. The zero-order valence-electron chi connectivity index (χ0n) is 10.6. The number of pyridine rings is 2. The van der Waals surface area contributed by atoms with E-state index in [1.54, 1.807) is 18.6 Å². The summed E-state index contributed by atoms with van der Waals surface area (Å²) in [5.41, 5.74) is 2.95. The third kappa shape index (κ3) is 1.78. The molecule has 0 saturated carbocycles. The highest BCUT2D eigenvalue weighted by atomic mass is 15.1. The van der Waals surface area contributed by atoms with Crippen LogP contribution in [0.4, 0.5) is 0 Å². The summed E-state index contributed by atoms with van der Waals surface area (Å²) < 4.78 is 0. The molecule has 4 rings (SSSR count). The first-order valence-corrected chi connectivity index (χ1v) is 6.32. The molecule has 3 heterocycles. The van der Waals surface area contributed by atoms with Crippen molar-refractivity contribution in [3.63, 3.8) is 0 Å². The Morgan fingerprint density at radius 3 is 2.45 bits per heavy atom. The highest BCUT2D eigenvalue weighted by Crippen LogP contribution is 2.25. The number of fused-ring (bicyclic) bond motifs is 2. The van der Waals surface area contributed by atoms with Gasteiger partial charge >= 0.3 is 0 Å². The largest absolute Gasteiger partial charge is 0.237 e. The van der Waals surface area contributed by atoms with Crippen molar-refractivity contribution in [2.45, 2.75) is 0 Å². The summed E-state index contributed by atoms with van der Waals surface area (Å²) in [5.74, 6) is 0. The van der Waals surface area contributed by atoms with Crippen molar-refractivity contribution >= 4 is 21.8 Å². The van der Waals surface area contributed by atoms with E-state index in [1.165, 1.54) is 0 Å². The number of benzene rings is 1. The van der Waals surface area contributed by atoms with Crippen molar-refractivity contribution in [1.29, 1.82) is 0 Å². The van der Waals surface area contributed by atoms with Gasteiger partial charge in [0, 0.05) is 34.1 Å². The Labute approximate surface area is 115 Å². The third-order valence-corrected chi connectivity index (χ3v) is 3.33. The standard InChI is InChI=1S/C16H10N4/c1-2-12-7-14(8-18-16(12)17-5-1)11-3-4-13-9-19-20-10-15(13)6-11/h1-10H. The fraction of sp³-hybridized carbons (Fsp3) is 0. The van der Waals surface area contributed by atoms with Crippen molar-refractivity contribution in [2.75, 3.05) is 0 Å². The minimum Gasteiger partial charge on any atom is -0.237 e. The molecule has 0 saturated heterocycles. The number of aromatic nitrogens is 4. The van der Waals surface area contributed by atoms with Gasteiger partial charge in [-0.25, -0.2) is 9.97 Å². The smallest absolute Gasteiger partial charge is 0.159 e. The predicted octanol–water partition coefficient (Wildman–Crippen LogP) is 3.24. The molecule has 0 aliphatic carbocycles. The van der Waals surface area contributed by atoms with Crippen LogP contribution in [0, 0.1) is 0 Å². The summed E-state index contributed by atoms with van der Waals surface area (Å²) in [7, 11) is 0. The van der Waals surface area contributed by atoms with Crippen LogP contribution in [0.2, 0.25) is 0 Å². The van der Waals surface area contributed by atoms with Gasteiger partial charge in [0.05, 0.1) is 12.4 Å². The first kappa shape index (κ1) is 11.0. The number of hydrogen-bond donors (Lipinski definition) is 0. The Morgan fingerprint density at radius 1 is 0.650 bits per heavy atom. The van der Waals surface area contributed by atoms with Gasteiger partial charge in [0.2, 0.25) is 0 Å². The van der Waals surface area contributed by atoms with Crippen LogP contribution < -0.4 is 0 Å². The molecule has 0 amide bonds. The Bertz CT molecular complexity index is 841. The molecule has 1 aromatic carbocycles. The van der Waals surface area contributed by atoms with Crippen LogP contribution in [0.15, 0.2) is 61.2 Å².